The number of halogens is 3. The fourth-order valence-electron chi connectivity index (χ4n) is 1.37. The highest BCUT2D eigenvalue weighted by atomic mass is 19.4. The van der Waals surface area contributed by atoms with Crippen LogP contribution in [0.3, 0.4) is 0 Å². The van der Waals surface area contributed by atoms with Crippen molar-refractivity contribution in [3.8, 4) is 5.95 Å². The Kier molecular flexibility index (Phi) is 3.69. The van der Waals surface area contributed by atoms with E-state index in [1.54, 1.807) is 19.9 Å². The van der Waals surface area contributed by atoms with Crippen molar-refractivity contribution in [3.05, 3.63) is 17.5 Å². The molecule has 12 heteroatoms. The molecule has 0 atom stereocenters. The van der Waals surface area contributed by atoms with Crippen LogP contribution in [0.1, 0.15) is 11.4 Å². The summed E-state index contributed by atoms with van der Waals surface area (Å²) in [5.74, 6) is -2.53. The number of amides is 1. The molecule has 0 bridgehead atoms. The standard InChI is InChI=1S/C9H9F3N8O/c1-4-3-5(2)20(19-4)8-17-15-7(16-18-8)14-13-6(21)9(10,11)12/h3H,1-2H3,(H,13,21)(H,14,15,16). The molecule has 2 N–H and O–H groups in total. The summed E-state index contributed by atoms with van der Waals surface area (Å²) < 4.78 is 37.2. The number of carbonyl (C=O) groups is 1. The Balaban J connectivity index is 2.06. The molecule has 2 heterocycles. The number of alkyl halides is 3. The zero-order chi connectivity index (χ0) is 15.6. The smallest absolute Gasteiger partial charge is 0.263 e. The summed E-state index contributed by atoms with van der Waals surface area (Å²) in [4.78, 5) is 10.6. The third-order valence-corrected chi connectivity index (χ3v) is 2.21. The van der Waals surface area contributed by atoms with Crippen LogP contribution in [0, 0.1) is 13.8 Å². The van der Waals surface area contributed by atoms with Crippen molar-refractivity contribution in [1.82, 2.24) is 35.6 Å². The number of hydrogen-bond acceptors (Lipinski definition) is 7. The molecule has 1 amide bonds. The molecule has 0 aliphatic carbocycles. The van der Waals surface area contributed by atoms with Crippen LogP contribution >= 0.6 is 0 Å². The van der Waals surface area contributed by atoms with Crippen LogP contribution < -0.4 is 10.9 Å². The van der Waals surface area contributed by atoms with Crippen molar-refractivity contribution in [2.75, 3.05) is 5.43 Å². The van der Waals surface area contributed by atoms with Gasteiger partial charge in [-0.25, -0.2) is 4.68 Å². The highest BCUT2D eigenvalue weighted by Gasteiger charge is 2.38. The second kappa shape index (κ2) is 5.30. The first kappa shape index (κ1) is 14.6. The number of aromatic nitrogens is 6. The predicted octanol–water partition coefficient (Wildman–Crippen LogP) is 0.0745. The Bertz CT molecular complexity index is 650. The van der Waals surface area contributed by atoms with Crippen LogP contribution in [0.15, 0.2) is 6.07 Å². The van der Waals surface area contributed by atoms with Crippen LogP contribution in [0.4, 0.5) is 19.1 Å². The lowest BCUT2D eigenvalue weighted by Crippen LogP contribution is -2.40. The Morgan fingerprint density at radius 2 is 1.81 bits per heavy atom. The highest BCUT2D eigenvalue weighted by Crippen LogP contribution is 2.13. The lowest BCUT2D eigenvalue weighted by atomic mass is 10.4. The summed E-state index contributed by atoms with van der Waals surface area (Å²) in [5, 5.41) is 18.3. The van der Waals surface area contributed by atoms with Crippen LogP contribution in [0.5, 0.6) is 0 Å². The van der Waals surface area contributed by atoms with Gasteiger partial charge < -0.3 is 0 Å². The van der Waals surface area contributed by atoms with E-state index in [9.17, 15) is 18.0 Å². The van der Waals surface area contributed by atoms with Crippen molar-refractivity contribution in [3.63, 3.8) is 0 Å². The first-order chi connectivity index (χ1) is 9.77. The van der Waals surface area contributed by atoms with Gasteiger partial charge in [0.2, 0.25) is 0 Å². The summed E-state index contributed by atoms with van der Waals surface area (Å²) >= 11 is 0. The SMILES string of the molecule is Cc1cc(C)n(-c2nnc(NNC(=O)C(F)(F)F)nn2)n1. The first-order valence-electron chi connectivity index (χ1n) is 5.51. The summed E-state index contributed by atoms with van der Waals surface area (Å²) in [6, 6.07) is 1.78. The van der Waals surface area contributed by atoms with E-state index in [-0.39, 0.29) is 5.95 Å². The van der Waals surface area contributed by atoms with Crippen molar-refractivity contribution in [2.45, 2.75) is 20.0 Å². The third-order valence-electron chi connectivity index (χ3n) is 2.21. The molecule has 0 fully saturated rings. The molecule has 2 aromatic rings. The van der Waals surface area contributed by atoms with Gasteiger partial charge in [0.1, 0.15) is 0 Å². The molecule has 0 aromatic carbocycles. The van der Waals surface area contributed by atoms with Crippen molar-refractivity contribution < 1.29 is 18.0 Å². The van der Waals surface area contributed by atoms with E-state index >= 15 is 0 Å². The lowest BCUT2D eigenvalue weighted by molar-refractivity contribution is -0.173. The number of carbonyl (C=O) groups excluding carboxylic acids is 1. The van der Waals surface area contributed by atoms with Gasteiger partial charge in [-0.05, 0) is 19.9 Å². The molecule has 0 unspecified atom stereocenters. The molecule has 0 aliphatic rings. The topological polar surface area (TPSA) is 111 Å². The number of rotatable bonds is 3. The van der Waals surface area contributed by atoms with Crippen LogP contribution in [-0.2, 0) is 4.79 Å². The molecule has 21 heavy (non-hydrogen) atoms. The first-order valence-corrected chi connectivity index (χ1v) is 5.51. The molecule has 2 rings (SSSR count). The van der Waals surface area contributed by atoms with E-state index in [1.165, 1.54) is 10.1 Å². The van der Waals surface area contributed by atoms with E-state index in [0.29, 0.717) is 0 Å². The van der Waals surface area contributed by atoms with Gasteiger partial charge in [0.05, 0.1) is 5.69 Å². The molecule has 112 valence electrons. The highest BCUT2D eigenvalue weighted by molar-refractivity contribution is 5.82. The minimum absolute atomic E-state index is 0.0493. The fraction of sp³-hybridized carbons (Fsp3) is 0.333. The molecule has 0 saturated heterocycles. The van der Waals surface area contributed by atoms with Crippen molar-refractivity contribution in [2.24, 2.45) is 0 Å². The number of nitrogens with zero attached hydrogens (tertiary/aromatic N) is 6. The molecular formula is C9H9F3N8O. The summed E-state index contributed by atoms with van der Waals surface area (Å²) in [6.45, 7) is 3.53. The molecule has 9 nitrogen and oxygen atoms in total. The monoisotopic (exact) mass is 302 g/mol. The van der Waals surface area contributed by atoms with Gasteiger partial charge in [0.25, 0.3) is 11.9 Å². The zero-order valence-electron chi connectivity index (χ0n) is 10.8. The van der Waals surface area contributed by atoms with Gasteiger partial charge >= 0.3 is 12.1 Å². The van der Waals surface area contributed by atoms with Gasteiger partial charge in [-0.15, -0.1) is 20.4 Å². The molecule has 2 aromatic heterocycles. The van der Waals surface area contributed by atoms with E-state index < -0.39 is 18.0 Å². The maximum Gasteiger partial charge on any atom is 0.472 e. The summed E-state index contributed by atoms with van der Waals surface area (Å²) in [7, 11) is 0. The Hall–Kier alpha value is -2.79. The quantitative estimate of drug-likeness (QED) is 0.772. The van der Waals surface area contributed by atoms with Crippen LogP contribution in [0.25, 0.3) is 5.95 Å². The van der Waals surface area contributed by atoms with Gasteiger partial charge in [-0.1, -0.05) is 0 Å². The Labute approximate surface area is 115 Å². The summed E-state index contributed by atoms with van der Waals surface area (Å²) in [5.41, 5.74) is 4.70. The number of aryl methyl sites for hydroxylation is 2. The largest absolute Gasteiger partial charge is 0.472 e. The molecule has 0 saturated carbocycles. The predicted molar refractivity (Wildman–Crippen MR) is 62.0 cm³/mol. The van der Waals surface area contributed by atoms with E-state index in [0.717, 1.165) is 11.4 Å². The average Bonchev–Trinajstić information content (AvgIpc) is 2.74. The van der Waals surface area contributed by atoms with Gasteiger partial charge in [0, 0.05) is 5.69 Å². The van der Waals surface area contributed by atoms with Gasteiger partial charge in [0.15, 0.2) is 0 Å². The second-order valence-electron chi connectivity index (χ2n) is 3.94. The minimum atomic E-state index is -5.02. The third kappa shape index (κ3) is 3.40. The zero-order valence-corrected chi connectivity index (χ0v) is 10.8. The second-order valence-corrected chi connectivity index (χ2v) is 3.94. The van der Waals surface area contributed by atoms with E-state index in [1.807, 2.05) is 5.43 Å². The number of anilines is 1. The van der Waals surface area contributed by atoms with Gasteiger partial charge in [-0.3, -0.25) is 15.6 Å². The maximum absolute atomic E-state index is 11.9. The van der Waals surface area contributed by atoms with Gasteiger partial charge in [-0.2, -0.15) is 18.3 Å². The Morgan fingerprint density at radius 1 is 1.19 bits per heavy atom. The normalized spacial score (nSPS) is 11.3. The molecule has 0 radical (unpaired) electrons. The number of nitrogens with one attached hydrogen (secondary N) is 2. The minimum Gasteiger partial charge on any atom is -0.263 e. The lowest BCUT2D eigenvalue weighted by Gasteiger charge is -2.08. The Morgan fingerprint density at radius 3 is 2.29 bits per heavy atom. The van der Waals surface area contributed by atoms with Crippen LogP contribution in [-0.4, -0.2) is 42.3 Å². The number of hydrazine groups is 1. The van der Waals surface area contributed by atoms with Crippen molar-refractivity contribution >= 4 is 11.9 Å². The molecule has 0 spiro atoms. The molecular weight excluding hydrogens is 293 g/mol. The maximum atomic E-state index is 11.9. The fourth-order valence-corrected chi connectivity index (χ4v) is 1.37. The number of hydrogen-bond donors (Lipinski definition) is 2. The van der Waals surface area contributed by atoms with E-state index in [4.69, 9.17) is 0 Å². The molecule has 0 aliphatic heterocycles. The van der Waals surface area contributed by atoms with Crippen molar-refractivity contribution in [1.29, 1.82) is 0 Å². The van der Waals surface area contributed by atoms with E-state index in [2.05, 4.69) is 25.5 Å². The average molecular weight is 302 g/mol. The van der Waals surface area contributed by atoms with Crippen LogP contribution in [0.2, 0.25) is 0 Å². The summed E-state index contributed by atoms with van der Waals surface area (Å²) in [6.07, 6.45) is -5.02.